The number of nitrogens with zero attached hydrogens (tertiary/aromatic N) is 2. The number of nitrogens with one attached hydrogen (secondary N) is 1. The van der Waals surface area contributed by atoms with E-state index >= 15 is 0 Å². The van der Waals surface area contributed by atoms with Crippen molar-refractivity contribution in [2.75, 3.05) is 32.7 Å². The zero-order chi connectivity index (χ0) is 17.9. The van der Waals surface area contributed by atoms with E-state index in [2.05, 4.69) is 10.2 Å². The molecule has 5 nitrogen and oxygen atoms in total. The summed E-state index contributed by atoms with van der Waals surface area (Å²) in [5.41, 5.74) is 0.964. The Kier molecular flexibility index (Phi) is 5.57. The van der Waals surface area contributed by atoms with Gasteiger partial charge in [0.05, 0.1) is 6.10 Å². The van der Waals surface area contributed by atoms with Crippen molar-refractivity contribution in [3.05, 3.63) is 35.9 Å². The zero-order valence-electron chi connectivity index (χ0n) is 15.5. The van der Waals surface area contributed by atoms with Gasteiger partial charge < -0.3 is 15.3 Å². The van der Waals surface area contributed by atoms with Gasteiger partial charge in [0, 0.05) is 51.2 Å². The summed E-state index contributed by atoms with van der Waals surface area (Å²) in [6.45, 7) is 3.93. The normalized spacial score (nSPS) is 30.3. The standard InChI is InChI=1S/C21H31N3O2/c25-20(17-4-2-1-3-5-17)15-23-8-10-24(11-9-23)21(26)14-16-12-18-6-7-19(13-16)22-18/h1-5,16,18-20,22,25H,6-15H2. The third-order valence-electron chi connectivity index (χ3n) is 6.37. The SMILES string of the molecule is O=C(CC1CC2CCC(C1)N2)N1CCN(CC(O)c2ccccc2)CC1. The van der Waals surface area contributed by atoms with E-state index in [0.717, 1.165) is 38.2 Å². The molecule has 0 radical (unpaired) electrons. The number of rotatable bonds is 5. The van der Waals surface area contributed by atoms with Gasteiger partial charge in [-0.1, -0.05) is 30.3 Å². The molecule has 2 bridgehead atoms. The van der Waals surface area contributed by atoms with E-state index in [1.807, 2.05) is 35.2 Å². The number of piperidine rings is 1. The van der Waals surface area contributed by atoms with Gasteiger partial charge in [-0.25, -0.2) is 0 Å². The van der Waals surface area contributed by atoms with Crippen molar-refractivity contribution in [1.82, 2.24) is 15.1 Å². The molecule has 3 atom stereocenters. The van der Waals surface area contributed by atoms with Gasteiger partial charge in [-0.3, -0.25) is 9.69 Å². The quantitative estimate of drug-likeness (QED) is 0.844. The minimum atomic E-state index is -0.455. The van der Waals surface area contributed by atoms with Gasteiger partial charge in [-0.05, 0) is 37.2 Å². The maximum Gasteiger partial charge on any atom is 0.222 e. The van der Waals surface area contributed by atoms with Crippen LogP contribution in [0, 0.1) is 5.92 Å². The zero-order valence-corrected chi connectivity index (χ0v) is 15.5. The van der Waals surface area contributed by atoms with Gasteiger partial charge in [0.2, 0.25) is 5.91 Å². The van der Waals surface area contributed by atoms with E-state index in [1.165, 1.54) is 25.7 Å². The molecule has 0 saturated carbocycles. The summed E-state index contributed by atoms with van der Waals surface area (Å²) in [5, 5.41) is 14.0. The minimum absolute atomic E-state index is 0.333. The molecular formula is C21H31N3O2. The fourth-order valence-corrected chi connectivity index (χ4v) is 4.92. The predicted molar refractivity (Wildman–Crippen MR) is 102 cm³/mol. The topological polar surface area (TPSA) is 55.8 Å². The van der Waals surface area contributed by atoms with Crippen LogP contribution in [0.2, 0.25) is 0 Å². The van der Waals surface area contributed by atoms with Crippen molar-refractivity contribution >= 4 is 5.91 Å². The minimum Gasteiger partial charge on any atom is -0.387 e. The van der Waals surface area contributed by atoms with Crippen LogP contribution in [0.15, 0.2) is 30.3 Å². The van der Waals surface area contributed by atoms with Gasteiger partial charge in [-0.15, -0.1) is 0 Å². The third-order valence-corrected chi connectivity index (χ3v) is 6.37. The van der Waals surface area contributed by atoms with Crippen molar-refractivity contribution in [2.24, 2.45) is 5.92 Å². The Morgan fingerprint density at radius 3 is 2.38 bits per heavy atom. The average molecular weight is 357 g/mol. The Labute approximate surface area is 156 Å². The monoisotopic (exact) mass is 357 g/mol. The van der Waals surface area contributed by atoms with Crippen molar-refractivity contribution in [2.45, 2.75) is 50.3 Å². The van der Waals surface area contributed by atoms with Crippen LogP contribution >= 0.6 is 0 Å². The molecule has 5 heteroatoms. The molecule has 1 amide bonds. The highest BCUT2D eigenvalue weighted by atomic mass is 16.3. The molecule has 0 spiro atoms. The van der Waals surface area contributed by atoms with Crippen LogP contribution in [0.3, 0.4) is 0 Å². The van der Waals surface area contributed by atoms with Crippen LogP contribution < -0.4 is 5.32 Å². The van der Waals surface area contributed by atoms with Crippen LogP contribution in [0.25, 0.3) is 0 Å². The summed E-state index contributed by atoms with van der Waals surface area (Å²) >= 11 is 0. The van der Waals surface area contributed by atoms with Crippen molar-refractivity contribution < 1.29 is 9.90 Å². The van der Waals surface area contributed by atoms with E-state index < -0.39 is 6.10 Å². The van der Waals surface area contributed by atoms with Crippen molar-refractivity contribution in [1.29, 1.82) is 0 Å². The molecule has 1 aromatic rings. The molecule has 0 aromatic heterocycles. The molecule has 4 rings (SSSR count). The first kappa shape index (κ1) is 18.0. The molecule has 3 heterocycles. The highest BCUT2D eigenvalue weighted by Crippen LogP contribution is 2.33. The summed E-state index contributed by atoms with van der Waals surface area (Å²) in [7, 11) is 0. The Hall–Kier alpha value is -1.43. The van der Waals surface area contributed by atoms with Crippen LogP contribution in [-0.2, 0) is 4.79 Å². The molecule has 3 aliphatic rings. The Balaban J connectivity index is 1.21. The smallest absolute Gasteiger partial charge is 0.222 e. The second kappa shape index (κ2) is 8.07. The van der Waals surface area contributed by atoms with Crippen LogP contribution in [0.1, 0.15) is 43.8 Å². The number of carbonyl (C=O) groups is 1. The third kappa shape index (κ3) is 4.27. The Bertz CT molecular complexity index is 589. The molecule has 3 aliphatic heterocycles. The van der Waals surface area contributed by atoms with Crippen molar-refractivity contribution in [3.8, 4) is 0 Å². The first-order chi connectivity index (χ1) is 12.7. The number of hydrogen-bond donors (Lipinski definition) is 2. The number of aliphatic hydroxyl groups excluding tert-OH is 1. The number of piperazine rings is 1. The highest BCUT2D eigenvalue weighted by Gasteiger charge is 2.35. The lowest BCUT2D eigenvalue weighted by molar-refractivity contribution is -0.134. The molecule has 1 aromatic carbocycles. The Morgan fingerprint density at radius 2 is 1.73 bits per heavy atom. The summed E-state index contributed by atoms with van der Waals surface area (Å²) < 4.78 is 0. The number of fused-ring (bicyclic) bond motifs is 2. The summed E-state index contributed by atoms with van der Waals surface area (Å²) in [4.78, 5) is 17.0. The summed E-state index contributed by atoms with van der Waals surface area (Å²) in [6, 6.07) is 11.1. The van der Waals surface area contributed by atoms with Gasteiger partial charge in [0.15, 0.2) is 0 Å². The number of amides is 1. The largest absolute Gasteiger partial charge is 0.387 e. The van der Waals surface area contributed by atoms with Gasteiger partial charge >= 0.3 is 0 Å². The lowest BCUT2D eigenvalue weighted by Gasteiger charge is -2.37. The molecule has 3 unspecified atom stereocenters. The fourth-order valence-electron chi connectivity index (χ4n) is 4.92. The lowest BCUT2D eigenvalue weighted by Crippen LogP contribution is -2.50. The van der Waals surface area contributed by atoms with Crippen LogP contribution in [0.5, 0.6) is 0 Å². The second-order valence-electron chi connectivity index (χ2n) is 8.29. The fraction of sp³-hybridized carbons (Fsp3) is 0.667. The van der Waals surface area contributed by atoms with E-state index in [9.17, 15) is 9.90 Å². The van der Waals surface area contributed by atoms with Gasteiger partial charge in [0.1, 0.15) is 0 Å². The van der Waals surface area contributed by atoms with E-state index in [0.29, 0.717) is 30.5 Å². The number of hydrogen-bond acceptors (Lipinski definition) is 4. The maximum absolute atomic E-state index is 12.7. The van der Waals surface area contributed by atoms with Crippen molar-refractivity contribution in [3.63, 3.8) is 0 Å². The number of carbonyl (C=O) groups excluding carboxylic acids is 1. The van der Waals surface area contributed by atoms with E-state index in [1.54, 1.807) is 0 Å². The van der Waals surface area contributed by atoms with Gasteiger partial charge in [0.25, 0.3) is 0 Å². The van der Waals surface area contributed by atoms with Crippen LogP contribution in [-0.4, -0.2) is 65.6 Å². The number of benzene rings is 1. The maximum atomic E-state index is 12.7. The first-order valence-corrected chi connectivity index (χ1v) is 10.2. The molecule has 0 aliphatic carbocycles. The summed E-state index contributed by atoms with van der Waals surface area (Å²) in [6.07, 6.45) is 5.19. The molecule has 142 valence electrons. The first-order valence-electron chi connectivity index (χ1n) is 10.2. The molecule has 2 N–H and O–H groups in total. The molecule has 26 heavy (non-hydrogen) atoms. The van der Waals surface area contributed by atoms with E-state index in [-0.39, 0.29) is 0 Å². The highest BCUT2D eigenvalue weighted by molar-refractivity contribution is 5.76. The number of aliphatic hydroxyl groups is 1. The summed E-state index contributed by atoms with van der Waals surface area (Å²) in [5.74, 6) is 0.902. The lowest BCUT2D eigenvalue weighted by atomic mass is 9.89. The second-order valence-corrected chi connectivity index (χ2v) is 8.29. The molecule has 3 fully saturated rings. The van der Waals surface area contributed by atoms with Gasteiger partial charge in [-0.2, -0.15) is 0 Å². The molecule has 3 saturated heterocycles. The predicted octanol–water partition coefficient (Wildman–Crippen LogP) is 1.78. The Morgan fingerprint density at radius 1 is 1.08 bits per heavy atom. The molecular weight excluding hydrogens is 326 g/mol. The van der Waals surface area contributed by atoms with Crippen LogP contribution in [0.4, 0.5) is 0 Å². The number of β-amino-alcohol motifs (C(OH)–C–C–N with tert-alkyl or cyclic N) is 1. The van der Waals surface area contributed by atoms with E-state index in [4.69, 9.17) is 0 Å². The average Bonchev–Trinajstić information content (AvgIpc) is 3.01.